The Morgan fingerprint density at radius 3 is 2.68 bits per heavy atom. The van der Waals surface area contributed by atoms with Crippen molar-refractivity contribution >= 4 is 11.4 Å². The first kappa shape index (κ1) is 13.6. The van der Waals surface area contributed by atoms with E-state index in [1.165, 1.54) is 12.5 Å². The number of rotatable bonds is 6. The van der Waals surface area contributed by atoms with E-state index in [4.69, 9.17) is 4.74 Å². The summed E-state index contributed by atoms with van der Waals surface area (Å²) in [6, 6.07) is 4.84. The van der Waals surface area contributed by atoms with E-state index in [9.17, 15) is 10.1 Å². The quantitative estimate of drug-likeness (QED) is 0.631. The molecule has 1 aromatic carbocycles. The molecular weight excluding hydrogens is 244 g/mol. The lowest BCUT2D eigenvalue weighted by Gasteiger charge is -2.12. The van der Waals surface area contributed by atoms with Crippen LogP contribution in [0.1, 0.15) is 27.2 Å². The molecule has 0 bridgehead atoms. The van der Waals surface area contributed by atoms with Gasteiger partial charge >= 0.3 is 0 Å². The highest BCUT2D eigenvalue weighted by molar-refractivity contribution is 5.56. The average Bonchev–Trinajstić information content (AvgIpc) is 3.01. The van der Waals surface area contributed by atoms with Gasteiger partial charge in [0.1, 0.15) is 5.75 Å². The van der Waals surface area contributed by atoms with Gasteiger partial charge in [-0.25, -0.2) is 0 Å². The van der Waals surface area contributed by atoms with Gasteiger partial charge in [-0.2, -0.15) is 0 Å². The maximum Gasteiger partial charge on any atom is 0.275 e. The van der Waals surface area contributed by atoms with E-state index in [0.29, 0.717) is 11.7 Å². The Bertz CT molecular complexity index is 474. The lowest BCUT2D eigenvalue weighted by atomic mass is 10.2. The van der Waals surface area contributed by atoms with E-state index < -0.39 is 4.92 Å². The van der Waals surface area contributed by atoms with Crippen LogP contribution in [0.4, 0.5) is 11.4 Å². The normalized spacial score (nSPS) is 21.3. The second-order valence-electron chi connectivity index (χ2n) is 5.49. The first-order chi connectivity index (χ1) is 8.95. The number of nitrogens with zero attached hydrogens (tertiary/aromatic N) is 1. The van der Waals surface area contributed by atoms with Crippen LogP contribution in [0.2, 0.25) is 0 Å². The van der Waals surface area contributed by atoms with Gasteiger partial charge in [-0.15, -0.1) is 0 Å². The fourth-order valence-corrected chi connectivity index (χ4v) is 2.06. The number of nitro benzene ring substituents is 1. The highest BCUT2D eigenvalue weighted by atomic mass is 16.6. The molecule has 1 aromatic rings. The SMILES string of the molecule is CC(C)Oc1cc(NCC2CC2C)cc([N+](=O)[O-])c1. The highest BCUT2D eigenvalue weighted by Crippen LogP contribution is 2.38. The number of anilines is 1. The van der Waals surface area contributed by atoms with Gasteiger partial charge in [-0.1, -0.05) is 6.92 Å². The Kier molecular flexibility index (Phi) is 3.93. The number of benzene rings is 1. The van der Waals surface area contributed by atoms with Gasteiger partial charge in [0.25, 0.3) is 5.69 Å². The summed E-state index contributed by atoms with van der Waals surface area (Å²) in [4.78, 5) is 10.5. The lowest BCUT2D eigenvalue weighted by Crippen LogP contribution is -2.08. The lowest BCUT2D eigenvalue weighted by molar-refractivity contribution is -0.384. The number of nitro groups is 1. The fraction of sp³-hybridized carbons (Fsp3) is 0.571. The molecule has 2 unspecified atom stereocenters. The molecule has 0 saturated heterocycles. The highest BCUT2D eigenvalue weighted by Gasteiger charge is 2.31. The number of ether oxygens (including phenoxy) is 1. The molecule has 2 atom stereocenters. The second kappa shape index (κ2) is 5.47. The van der Waals surface area contributed by atoms with E-state index in [1.807, 2.05) is 19.9 Å². The molecule has 0 aliphatic heterocycles. The zero-order valence-electron chi connectivity index (χ0n) is 11.6. The molecule has 5 nitrogen and oxygen atoms in total. The third kappa shape index (κ3) is 3.84. The maximum atomic E-state index is 10.9. The van der Waals surface area contributed by atoms with Crippen LogP contribution in [0, 0.1) is 22.0 Å². The summed E-state index contributed by atoms with van der Waals surface area (Å²) in [5.74, 6) is 1.99. The van der Waals surface area contributed by atoms with Crippen molar-refractivity contribution in [3.8, 4) is 5.75 Å². The molecule has 0 heterocycles. The minimum atomic E-state index is -0.391. The van der Waals surface area contributed by atoms with Crippen molar-refractivity contribution in [2.75, 3.05) is 11.9 Å². The fourth-order valence-electron chi connectivity index (χ4n) is 2.06. The third-order valence-electron chi connectivity index (χ3n) is 3.32. The Hall–Kier alpha value is -1.78. The number of nitrogens with one attached hydrogen (secondary N) is 1. The first-order valence-corrected chi connectivity index (χ1v) is 6.65. The molecule has 0 aromatic heterocycles. The number of hydrogen-bond donors (Lipinski definition) is 1. The summed E-state index contributed by atoms with van der Waals surface area (Å²) in [5, 5.41) is 14.2. The zero-order chi connectivity index (χ0) is 14.0. The molecule has 1 N–H and O–H groups in total. The standard InChI is InChI=1S/C14H20N2O3/c1-9(2)19-14-6-12(5-13(7-14)16(17)18)15-8-11-4-10(11)3/h5-7,9-11,15H,4,8H2,1-3H3. The van der Waals surface area contributed by atoms with Gasteiger partial charge in [-0.05, 0) is 32.1 Å². The first-order valence-electron chi connectivity index (χ1n) is 6.65. The average molecular weight is 264 g/mol. The van der Waals surface area contributed by atoms with Gasteiger partial charge in [0.05, 0.1) is 17.1 Å². The van der Waals surface area contributed by atoms with E-state index in [-0.39, 0.29) is 11.8 Å². The molecule has 1 fully saturated rings. The van der Waals surface area contributed by atoms with Gasteiger partial charge < -0.3 is 10.1 Å². The number of non-ortho nitro benzene ring substituents is 1. The molecule has 104 valence electrons. The van der Waals surface area contributed by atoms with Crippen molar-refractivity contribution in [2.45, 2.75) is 33.3 Å². The van der Waals surface area contributed by atoms with Gasteiger partial charge in [0.2, 0.25) is 0 Å². The predicted molar refractivity (Wildman–Crippen MR) is 74.6 cm³/mol. The second-order valence-corrected chi connectivity index (χ2v) is 5.49. The molecule has 1 aliphatic carbocycles. The van der Waals surface area contributed by atoms with E-state index in [0.717, 1.165) is 18.2 Å². The Labute approximate surface area is 113 Å². The predicted octanol–water partition coefficient (Wildman–Crippen LogP) is 3.45. The van der Waals surface area contributed by atoms with E-state index >= 15 is 0 Å². The molecule has 2 rings (SSSR count). The van der Waals surface area contributed by atoms with Crippen LogP contribution in [0.15, 0.2) is 18.2 Å². The summed E-state index contributed by atoms with van der Waals surface area (Å²) in [6.45, 7) is 6.88. The van der Waals surface area contributed by atoms with Crippen LogP contribution in [0.5, 0.6) is 5.75 Å². The molecule has 0 radical (unpaired) electrons. The van der Waals surface area contributed by atoms with Gasteiger partial charge in [-0.3, -0.25) is 10.1 Å². The summed E-state index contributed by atoms with van der Waals surface area (Å²) >= 11 is 0. The summed E-state index contributed by atoms with van der Waals surface area (Å²) in [5.41, 5.74) is 0.813. The topological polar surface area (TPSA) is 64.4 Å². The molecule has 19 heavy (non-hydrogen) atoms. The summed E-state index contributed by atoms with van der Waals surface area (Å²) in [7, 11) is 0. The van der Waals surface area contributed by atoms with Crippen LogP contribution in [0.3, 0.4) is 0 Å². The zero-order valence-corrected chi connectivity index (χ0v) is 11.6. The monoisotopic (exact) mass is 264 g/mol. The van der Waals surface area contributed by atoms with Gasteiger partial charge in [0, 0.05) is 24.4 Å². The summed E-state index contributed by atoms with van der Waals surface area (Å²) in [6.07, 6.45) is 1.23. The van der Waals surface area contributed by atoms with Crippen LogP contribution < -0.4 is 10.1 Å². The molecule has 1 aliphatic rings. The van der Waals surface area contributed by atoms with Crippen LogP contribution in [-0.2, 0) is 0 Å². The summed E-state index contributed by atoms with van der Waals surface area (Å²) < 4.78 is 5.54. The molecule has 0 spiro atoms. The van der Waals surface area contributed by atoms with Crippen molar-refractivity contribution in [3.05, 3.63) is 28.3 Å². The Balaban J connectivity index is 2.11. The Morgan fingerprint density at radius 2 is 2.16 bits per heavy atom. The minimum Gasteiger partial charge on any atom is -0.491 e. The van der Waals surface area contributed by atoms with Crippen LogP contribution >= 0.6 is 0 Å². The largest absolute Gasteiger partial charge is 0.491 e. The van der Waals surface area contributed by atoms with Crippen LogP contribution in [-0.4, -0.2) is 17.6 Å². The maximum absolute atomic E-state index is 10.9. The van der Waals surface area contributed by atoms with Crippen molar-refractivity contribution in [1.29, 1.82) is 0 Å². The minimum absolute atomic E-state index is 0.00157. The molecule has 0 amide bonds. The van der Waals surface area contributed by atoms with E-state index in [1.54, 1.807) is 6.07 Å². The smallest absolute Gasteiger partial charge is 0.275 e. The molecular formula is C14H20N2O3. The van der Waals surface area contributed by atoms with Crippen molar-refractivity contribution in [1.82, 2.24) is 0 Å². The van der Waals surface area contributed by atoms with Crippen LogP contribution in [0.25, 0.3) is 0 Å². The molecule has 5 heteroatoms. The Morgan fingerprint density at radius 1 is 1.47 bits per heavy atom. The van der Waals surface area contributed by atoms with Crippen molar-refractivity contribution < 1.29 is 9.66 Å². The molecule has 1 saturated carbocycles. The third-order valence-corrected chi connectivity index (χ3v) is 3.32. The number of hydrogen-bond acceptors (Lipinski definition) is 4. The van der Waals surface area contributed by atoms with E-state index in [2.05, 4.69) is 12.2 Å². The van der Waals surface area contributed by atoms with Gasteiger partial charge in [0.15, 0.2) is 0 Å². The van der Waals surface area contributed by atoms with Crippen molar-refractivity contribution in [2.24, 2.45) is 11.8 Å². The van der Waals surface area contributed by atoms with Crippen molar-refractivity contribution in [3.63, 3.8) is 0 Å².